The van der Waals surface area contributed by atoms with E-state index >= 15 is 0 Å². The molecule has 0 atom stereocenters. The number of methoxy groups -OCH3 is 1. The van der Waals surface area contributed by atoms with Crippen LogP contribution in [0.3, 0.4) is 0 Å². The van der Waals surface area contributed by atoms with Crippen molar-refractivity contribution < 1.29 is 19.1 Å². The first-order valence-electron chi connectivity index (χ1n) is 8.07. The number of esters is 1. The summed E-state index contributed by atoms with van der Waals surface area (Å²) in [5.74, 6) is -0.238. The molecule has 1 amide bonds. The Hall–Kier alpha value is -1.86. The second kappa shape index (κ2) is 9.73. The first-order valence-corrected chi connectivity index (χ1v) is 9.66. The predicted octanol–water partition coefficient (Wildman–Crippen LogP) is 5.43. The van der Waals surface area contributed by atoms with Gasteiger partial charge in [0.05, 0.1) is 29.3 Å². The molecular weight excluding hydrogens is 466 g/mol. The Morgan fingerprint density at radius 1 is 1.12 bits per heavy atom. The number of carbonyl (C=O) groups excluding carboxylic acids is 2. The highest BCUT2D eigenvalue weighted by Gasteiger charge is 2.17. The van der Waals surface area contributed by atoms with Gasteiger partial charge in [0.1, 0.15) is 5.75 Å². The van der Waals surface area contributed by atoms with Gasteiger partial charge >= 0.3 is 5.97 Å². The average molecular weight is 485 g/mol. The van der Waals surface area contributed by atoms with E-state index in [0.29, 0.717) is 33.6 Å². The number of rotatable bonds is 7. The number of unbranched alkanes of at least 4 members (excludes halogenated alkanes) is 1. The largest absolute Gasteiger partial charge is 0.495 e. The van der Waals surface area contributed by atoms with Crippen LogP contribution < -0.4 is 10.1 Å². The van der Waals surface area contributed by atoms with Crippen LogP contribution in [0.5, 0.6) is 5.75 Å². The maximum atomic E-state index is 12.6. The van der Waals surface area contributed by atoms with Gasteiger partial charge in [0, 0.05) is 10.2 Å². The summed E-state index contributed by atoms with van der Waals surface area (Å²) in [6.45, 7) is 2.44. The minimum Gasteiger partial charge on any atom is -0.495 e. The third-order valence-electron chi connectivity index (χ3n) is 3.57. The van der Waals surface area contributed by atoms with Crippen LogP contribution in [0.25, 0.3) is 0 Å². The molecule has 0 aliphatic heterocycles. The summed E-state index contributed by atoms with van der Waals surface area (Å²) in [5, 5.41) is 2.79. The Kier molecular flexibility index (Phi) is 7.66. The minimum atomic E-state index is -0.367. The molecule has 2 aromatic rings. The van der Waals surface area contributed by atoms with Crippen LogP contribution in [-0.2, 0) is 4.74 Å². The lowest BCUT2D eigenvalue weighted by Gasteiger charge is -2.12. The van der Waals surface area contributed by atoms with E-state index in [0.717, 1.165) is 17.3 Å². The number of amides is 1. The van der Waals surface area contributed by atoms with Gasteiger partial charge in [-0.25, -0.2) is 4.79 Å². The molecule has 0 heterocycles. The van der Waals surface area contributed by atoms with Crippen molar-refractivity contribution in [1.29, 1.82) is 0 Å². The molecule has 7 heteroatoms. The van der Waals surface area contributed by atoms with Crippen molar-refractivity contribution in [1.82, 2.24) is 0 Å². The molecule has 0 spiro atoms. The summed E-state index contributed by atoms with van der Waals surface area (Å²) in [6.07, 6.45) is 1.80. The molecule has 2 rings (SSSR count). The predicted molar refractivity (Wildman–Crippen MR) is 108 cm³/mol. The first kappa shape index (κ1) is 20.5. The van der Waals surface area contributed by atoms with Gasteiger partial charge in [-0.05, 0) is 58.7 Å². The number of benzene rings is 2. The molecule has 2 aromatic carbocycles. The van der Waals surface area contributed by atoms with Gasteiger partial charge in [-0.15, -0.1) is 0 Å². The van der Waals surface area contributed by atoms with E-state index in [-0.39, 0.29) is 11.9 Å². The van der Waals surface area contributed by atoms with Crippen molar-refractivity contribution in [3.05, 3.63) is 56.5 Å². The molecule has 0 saturated heterocycles. The van der Waals surface area contributed by atoms with Gasteiger partial charge in [-0.1, -0.05) is 29.3 Å². The van der Waals surface area contributed by atoms with E-state index in [1.807, 2.05) is 6.92 Å². The summed E-state index contributed by atoms with van der Waals surface area (Å²) in [7, 11) is 1.50. The van der Waals surface area contributed by atoms with Crippen LogP contribution in [-0.4, -0.2) is 25.6 Å². The Bertz CT molecular complexity index is 791. The van der Waals surface area contributed by atoms with Crippen LogP contribution >= 0.6 is 31.9 Å². The van der Waals surface area contributed by atoms with Crippen molar-refractivity contribution in [2.45, 2.75) is 19.8 Å². The lowest BCUT2D eigenvalue weighted by atomic mass is 10.1. The van der Waals surface area contributed by atoms with Gasteiger partial charge < -0.3 is 14.8 Å². The number of nitrogens with one attached hydrogen (secondary N) is 1. The molecule has 0 bridgehead atoms. The minimum absolute atomic E-state index is 0.317. The maximum Gasteiger partial charge on any atom is 0.338 e. The number of halogens is 2. The molecule has 0 radical (unpaired) electrons. The highest BCUT2D eigenvalue weighted by atomic mass is 79.9. The van der Waals surface area contributed by atoms with Crippen LogP contribution in [0.4, 0.5) is 5.69 Å². The monoisotopic (exact) mass is 483 g/mol. The average Bonchev–Trinajstić information content (AvgIpc) is 2.61. The molecule has 0 aromatic heterocycles. The lowest BCUT2D eigenvalue weighted by molar-refractivity contribution is 0.0499. The van der Waals surface area contributed by atoms with E-state index in [1.54, 1.807) is 36.4 Å². The van der Waals surface area contributed by atoms with Gasteiger partial charge in [-0.2, -0.15) is 0 Å². The second-order valence-corrected chi connectivity index (χ2v) is 7.26. The van der Waals surface area contributed by atoms with Crippen LogP contribution in [0.15, 0.2) is 45.3 Å². The quantitative estimate of drug-likeness (QED) is 0.420. The molecule has 1 N–H and O–H groups in total. The number of hydrogen-bond acceptors (Lipinski definition) is 4. The highest BCUT2D eigenvalue weighted by Crippen LogP contribution is 2.33. The number of carbonyl (C=O) groups is 2. The van der Waals surface area contributed by atoms with Gasteiger partial charge in [0.25, 0.3) is 5.91 Å². The van der Waals surface area contributed by atoms with Gasteiger partial charge in [0.15, 0.2) is 0 Å². The standard InChI is InChI=1S/C19H19Br2NO4/c1-3-4-9-26-19(24)12-5-7-14(8-6-12)22-18(23)15-10-13(20)11-16(21)17(15)25-2/h5-8,10-11H,3-4,9H2,1-2H3,(H,22,23). The Balaban J connectivity index is 2.10. The number of hydrogen-bond donors (Lipinski definition) is 1. The normalized spacial score (nSPS) is 10.3. The van der Waals surface area contributed by atoms with E-state index in [9.17, 15) is 9.59 Å². The Labute approximate surface area is 169 Å². The Morgan fingerprint density at radius 3 is 2.42 bits per heavy atom. The van der Waals surface area contributed by atoms with Gasteiger partial charge in [-0.3, -0.25) is 4.79 Å². The summed E-state index contributed by atoms with van der Waals surface area (Å²) in [5.41, 5.74) is 1.40. The summed E-state index contributed by atoms with van der Waals surface area (Å²) >= 11 is 6.74. The summed E-state index contributed by atoms with van der Waals surface area (Å²) < 4.78 is 11.9. The lowest BCUT2D eigenvalue weighted by Crippen LogP contribution is -2.14. The molecule has 0 aliphatic carbocycles. The third kappa shape index (κ3) is 5.32. The van der Waals surface area contributed by atoms with E-state index in [4.69, 9.17) is 9.47 Å². The zero-order chi connectivity index (χ0) is 19.1. The fourth-order valence-corrected chi connectivity index (χ4v) is 3.60. The number of anilines is 1. The van der Waals surface area contributed by atoms with Crippen molar-refractivity contribution in [2.75, 3.05) is 19.0 Å². The van der Waals surface area contributed by atoms with E-state index < -0.39 is 0 Å². The van der Waals surface area contributed by atoms with Crippen molar-refractivity contribution in [2.24, 2.45) is 0 Å². The fraction of sp³-hybridized carbons (Fsp3) is 0.263. The molecule has 0 saturated carbocycles. The molecule has 0 unspecified atom stereocenters. The number of ether oxygens (including phenoxy) is 2. The zero-order valence-corrected chi connectivity index (χ0v) is 17.6. The molecule has 5 nitrogen and oxygen atoms in total. The smallest absolute Gasteiger partial charge is 0.338 e. The maximum absolute atomic E-state index is 12.6. The van der Waals surface area contributed by atoms with Crippen LogP contribution in [0, 0.1) is 0 Å². The summed E-state index contributed by atoms with van der Waals surface area (Å²) in [4.78, 5) is 24.5. The third-order valence-corrected chi connectivity index (χ3v) is 4.61. The van der Waals surface area contributed by atoms with Crippen LogP contribution in [0.2, 0.25) is 0 Å². The van der Waals surface area contributed by atoms with Crippen LogP contribution in [0.1, 0.15) is 40.5 Å². The molecule has 138 valence electrons. The Morgan fingerprint density at radius 2 is 1.81 bits per heavy atom. The van der Waals surface area contributed by atoms with Gasteiger partial charge in [0.2, 0.25) is 0 Å². The van der Waals surface area contributed by atoms with E-state index in [2.05, 4.69) is 37.2 Å². The highest BCUT2D eigenvalue weighted by molar-refractivity contribution is 9.11. The summed E-state index contributed by atoms with van der Waals surface area (Å²) in [6, 6.07) is 10.0. The zero-order valence-electron chi connectivity index (χ0n) is 14.5. The van der Waals surface area contributed by atoms with Crippen molar-refractivity contribution >= 4 is 49.4 Å². The van der Waals surface area contributed by atoms with Crippen molar-refractivity contribution in [3.63, 3.8) is 0 Å². The molecule has 26 heavy (non-hydrogen) atoms. The molecular formula is C19H19Br2NO4. The van der Waals surface area contributed by atoms with Crippen molar-refractivity contribution in [3.8, 4) is 5.75 Å². The van der Waals surface area contributed by atoms with E-state index in [1.165, 1.54) is 7.11 Å². The second-order valence-electron chi connectivity index (χ2n) is 5.49. The topological polar surface area (TPSA) is 64.6 Å². The molecule has 0 fully saturated rings. The first-order chi connectivity index (χ1) is 12.5. The molecule has 0 aliphatic rings. The SMILES string of the molecule is CCCCOC(=O)c1ccc(NC(=O)c2cc(Br)cc(Br)c2OC)cc1. The fourth-order valence-electron chi connectivity index (χ4n) is 2.22.